The molecule has 0 bridgehead atoms. The summed E-state index contributed by atoms with van der Waals surface area (Å²) in [6, 6.07) is 12.2. The fourth-order valence-corrected chi connectivity index (χ4v) is 2.00. The van der Waals surface area contributed by atoms with Gasteiger partial charge in [-0.1, -0.05) is 18.2 Å². The third kappa shape index (κ3) is 2.96. The summed E-state index contributed by atoms with van der Waals surface area (Å²) < 4.78 is 0. The quantitative estimate of drug-likeness (QED) is 0.933. The number of amides is 1. The van der Waals surface area contributed by atoms with E-state index in [2.05, 4.69) is 4.98 Å². The van der Waals surface area contributed by atoms with E-state index >= 15 is 0 Å². The second-order valence-corrected chi connectivity index (χ2v) is 4.85. The lowest BCUT2D eigenvalue weighted by Gasteiger charge is -2.25. The molecule has 1 N–H and O–H groups in total. The molecular weight excluding hydrogens is 252 g/mol. The average Bonchev–Trinajstić information content (AvgIpc) is 2.46. The Balaban J connectivity index is 2.20. The second kappa shape index (κ2) is 5.74. The van der Waals surface area contributed by atoms with Crippen LogP contribution in [0.1, 0.15) is 34.7 Å². The first kappa shape index (κ1) is 14.1. The molecule has 1 heterocycles. The number of hydrogen-bond acceptors (Lipinski definition) is 3. The van der Waals surface area contributed by atoms with Crippen molar-refractivity contribution < 1.29 is 9.90 Å². The molecule has 0 fully saturated rings. The molecule has 0 saturated carbocycles. The highest BCUT2D eigenvalue weighted by Crippen LogP contribution is 2.22. The van der Waals surface area contributed by atoms with E-state index in [1.807, 2.05) is 38.1 Å². The molecule has 4 heteroatoms. The second-order valence-electron chi connectivity index (χ2n) is 4.85. The van der Waals surface area contributed by atoms with Crippen LogP contribution in [-0.4, -0.2) is 27.9 Å². The normalized spacial score (nSPS) is 11.9. The van der Waals surface area contributed by atoms with Crippen LogP contribution in [0.4, 0.5) is 0 Å². The predicted octanol–water partition coefficient (Wildman–Crippen LogP) is 2.93. The number of carbonyl (C=O) groups excluding carboxylic acids is 1. The van der Waals surface area contributed by atoms with Gasteiger partial charge in [-0.2, -0.15) is 0 Å². The lowest BCUT2D eigenvalue weighted by molar-refractivity contribution is 0.0736. The number of aromatic hydroxyl groups is 1. The maximum atomic E-state index is 12.4. The van der Waals surface area contributed by atoms with Crippen molar-refractivity contribution in [3.63, 3.8) is 0 Å². The van der Waals surface area contributed by atoms with Gasteiger partial charge >= 0.3 is 0 Å². The molecule has 0 aliphatic heterocycles. The van der Waals surface area contributed by atoms with Crippen LogP contribution < -0.4 is 0 Å². The van der Waals surface area contributed by atoms with Crippen molar-refractivity contribution in [1.82, 2.24) is 9.88 Å². The Bertz CT molecular complexity index is 608. The summed E-state index contributed by atoms with van der Waals surface area (Å²) in [6.07, 6.45) is 0. The molecule has 0 radical (unpaired) electrons. The summed E-state index contributed by atoms with van der Waals surface area (Å²) in [4.78, 5) is 18.3. The third-order valence-electron chi connectivity index (χ3n) is 3.38. The van der Waals surface area contributed by atoms with Gasteiger partial charge in [0.2, 0.25) is 0 Å². The highest BCUT2D eigenvalue weighted by molar-refractivity contribution is 5.92. The zero-order chi connectivity index (χ0) is 14.7. The van der Waals surface area contributed by atoms with Gasteiger partial charge in [-0.15, -0.1) is 0 Å². The maximum absolute atomic E-state index is 12.4. The van der Waals surface area contributed by atoms with Gasteiger partial charge in [-0.25, -0.2) is 4.98 Å². The van der Waals surface area contributed by atoms with Crippen LogP contribution >= 0.6 is 0 Å². The van der Waals surface area contributed by atoms with Gasteiger partial charge in [-0.3, -0.25) is 4.79 Å². The monoisotopic (exact) mass is 270 g/mol. The molecule has 20 heavy (non-hydrogen) atoms. The van der Waals surface area contributed by atoms with Gasteiger partial charge in [0.1, 0.15) is 11.4 Å². The molecular formula is C16H18N2O2. The van der Waals surface area contributed by atoms with E-state index in [4.69, 9.17) is 0 Å². The Kier molecular flexibility index (Phi) is 4.03. The number of benzene rings is 1. The zero-order valence-electron chi connectivity index (χ0n) is 11.9. The van der Waals surface area contributed by atoms with Gasteiger partial charge in [0, 0.05) is 12.7 Å². The van der Waals surface area contributed by atoms with Gasteiger partial charge in [0.25, 0.3) is 5.91 Å². The average molecular weight is 270 g/mol. The molecule has 1 amide bonds. The molecule has 1 atom stereocenters. The molecule has 0 aliphatic rings. The lowest BCUT2D eigenvalue weighted by atomic mass is 10.1. The van der Waals surface area contributed by atoms with Crippen molar-refractivity contribution in [2.24, 2.45) is 0 Å². The Labute approximate surface area is 118 Å². The molecule has 0 spiro atoms. The first-order valence-corrected chi connectivity index (χ1v) is 6.49. The van der Waals surface area contributed by atoms with E-state index < -0.39 is 0 Å². The minimum atomic E-state index is -0.116. The summed E-state index contributed by atoms with van der Waals surface area (Å²) >= 11 is 0. The molecule has 0 saturated heterocycles. The number of phenols is 1. The summed E-state index contributed by atoms with van der Waals surface area (Å²) in [7, 11) is 1.75. The highest BCUT2D eigenvalue weighted by Gasteiger charge is 2.19. The number of aryl methyl sites for hydroxylation is 1. The zero-order valence-corrected chi connectivity index (χ0v) is 11.9. The Morgan fingerprint density at radius 1 is 1.20 bits per heavy atom. The number of rotatable bonds is 3. The van der Waals surface area contributed by atoms with Crippen LogP contribution in [0, 0.1) is 6.92 Å². The fraction of sp³-hybridized carbons (Fsp3) is 0.250. The minimum Gasteiger partial charge on any atom is -0.508 e. The maximum Gasteiger partial charge on any atom is 0.272 e. The molecule has 104 valence electrons. The number of nitrogens with zero attached hydrogens (tertiary/aromatic N) is 2. The molecule has 1 aromatic carbocycles. The van der Waals surface area contributed by atoms with Gasteiger partial charge in [-0.05, 0) is 43.7 Å². The third-order valence-corrected chi connectivity index (χ3v) is 3.38. The topological polar surface area (TPSA) is 53.4 Å². The van der Waals surface area contributed by atoms with Gasteiger partial charge < -0.3 is 10.0 Å². The van der Waals surface area contributed by atoms with E-state index in [0.29, 0.717) is 5.69 Å². The Morgan fingerprint density at radius 3 is 2.45 bits per heavy atom. The Hall–Kier alpha value is -2.36. The SMILES string of the molecule is Cc1cccc(C(=O)N(C)C(C)c2ccc(O)cc2)n1. The summed E-state index contributed by atoms with van der Waals surface area (Å²) in [5.74, 6) is 0.101. The van der Waals surface area contributed by atoms with Crippen LogP contribution in [0.15, 0.2) is 42.5 Å². The number of pyridine rings is 1. The Morgan fingerprint density at radius 2 is 1.85 bits per heavy atom. The molecule has 0 aliphatic carbocycles. The van der Waals surface area contributed by atoms with Crippen LogP contribution in [0.2, 0.25) is 0 Å². The van der Waals surface area contributed by atoms with Crippen LogP contribution in [-0.2, 0) is 0 Å². The number of carbonyl (C=O) groups is 1. The van der Waals surface area contributed by atoms with Gasteiger partial charge in [0.05, 0.1) is 6.04 Å². The smallest absolute Gasteiger partial charge is 0.272 e. The van der Waals surface area contributed by atoms with Crippen molar-refractivity contribution in [3.05, 3.63) is 59.4 Å². The van der Waals surface area contributed by atoms with Crippen LogP contribution in [0.25, 0.3) is 0 Å². The molecule has 2 rings (SSSR count). The fourth-order valence-electron chi connectivity index (χ4n) is 2.00. The van der Waals surface area contributed by atoms with E-state index in [0.717, 1.165) is 11.3 Å². The van der Waals surface area contributed by atoms with E-state index in [-0.39, 0.29) is 17.7 Å². The van der Waals surface area contributed by atoms with Crippen LogP contribution in [0.5, 0.6) is 5.75 Å². The summed E-state index contributed by atoms with van der Waals surface area (Å²) in [5, 5.41) is 9.30. The van der Waals surface area contributed by atoms with Gasteiger partial charge in [0.15, 0.2) is 0 Å². The van der Waals surface area contributed by atoms with Crippen molar-refractivity contribution >= 4 is 5.91 Å². The highest BCUT2D eigenvalue weighted by atomic mass is 16.3. The number of aromatic nitrogens is 1. The predicted molar refractivity (Wildman–Crippen MR) is 77.6 cm³/mol. The first-order chi connectivity index (χ1) is 9.49. The van der Waals surface area contributed by atoms with E-state index in [1.165, 1.54) is 0 Å². The van der Waals surface area contributed by atoms with Crippen molar-refractivity contribution in [2.45, 2.75) is 19.9 Å². The number of hydrogen-bond donors (Lipinski definition) is 1. The standard InChI is InChI=1S/C16H18N2O2/c1-11-5-4-6-15(17-11)16(20)18(3)12(2)13-7-9-14(19)10-8-13/h4-10,12,19H,1-3H3. The van der Waals surface area contributed by atoms with Crippen molar-refractivity contribution in [3.8, 4) is 5.75 Å². The summed E-state index contributed by atoms with van der Waals surface area (Å²) in [5.41, 5.74) is 2.23. The molecule has 1 unspecified atom stereocenters. The molecule has 1 aromatic heterocycles. The molecule has 2 aromatic rings. The largest absolute Gasteiger partial charge is 0.508 e. The van der Waals surface area contributed by atoms with Crippen molar-refractivity contribution in [2.75, 3.05) is 7.05 Å². The lowest BCUT2D eigenvalue weighted by Crippen LogP contribution is -2.30. The summed E-state index contributed by atoms with van der Waals surface area (Å²) in [6.45, 7) is 3.81. The van der Waals surface area contributed by atoms with E-state index in [9.17, 15) is 9.90 Å². The first-order valence-electron chi connectivity index (χ1n) is 6.49. The minimum absolute atomic E-state index is 0.0922. The van der Waals surface area contributed by atoms with E-state index in [1.54, 1.807) is 30.1 Å². The number of phenolic OH excluding ortho intramolecular Hbond substituents is 1. The van der Waals surface area contributed by atoms with Crippen molar-refractivity contribution in [1.29, 1.82) is 0 Å². The molecule has 4 nitrogen and oxygen atoms in total. The van der Waals surface area contributed by atoms with Crippen LogP contribution in [0.3, 0.4) is 0 Å².